The Morgan fingerprint density at radius 3 is 2.50 bits per heavy atom. The summed E-state index contributed by atoms with van der Waals surface area (Å²) in [6, 6.07) is 8.25. The molecule has 0 aliphatic heterocycles. The minimum atomic E-state index is 0.0270. The van der Waals surface area contributed by atoms with Gasteiger partial charge in [0.05, 0.1) is 11.3 Å². The van der Waals surface area contributed by atoms with Gasteiger partial charge in [-0.3, -0.25) is 9.36 Å². The van der Waals surface area contributed by atoms with Crippen LogP contribution in [0.25, 0.3) is 5.69 Å². The SMILES string of the molecule is CN(CCN(C)C1CCCC1)C(=O)c1ccccc1-n1cnnc1. The van der Waals surface area contributed by atoms with Crippen molar-refractivity contribution < 1.29 is 4.79 Å². The van der Waals surface area contributed by atoms with Gasteiger partial charge in [-0.2, -0.15) is 0 Å². The third kappa shape index (κ3) is 3.64. The van der Waals surface area contributed by atoms with Crippen molar-refractivity contribution in [2.75, 3.05) is 27.2 Å². The number of hydrogen-bond donors (Lipinski definition) is 0. The number of para-hydroxylation sites is 1. The van der Waals surface area contributed by atoms with E-state index in [0.717, 1.165) is 18.8 Å². The molecule has 128 valence electrons. The molecular weight excluding hydrogens is 302 g/mol. The fourth-order valence-electron chi connectivity index (χ4n) is 3.35. The molecule has 2 aromatic rings. The van der Waals surface area contributed by atoms with Crippen molar-refractivity contribution in [2.45, 2.75) is 31.7 Å². The molecule has 1 aromatic carbocycles. The number of nitrogens with zero attached hydrogens (tertiary/aromatic N) is 5. The molecule has 24 heavy (non-hydrogen) atoms. The van der Waals surface area contributed by atoms with Gasteiger partial charge < -0.3 is 9.80 Å². The van der Waals surface area contributed by atoms with Crippen LogP contribution >= 0.6 is 0 Å². The average Bonchev–Trinajstić information content (AvgIpc) is 3.32. The Hall–Kier alpha value is -2.21. The van der Waals surface area contributed by atoms with Crippen molar-refractivity contribution in [2.24, 2.45) is 0 Å². The first kappa shape index (κ1) is 16.6. The molecule has 0 spiro atoms. The second-order valence-electron chi connectivity index (χ2n) is 6.53. The summed E-state index contributed by atoms with van der Waals surface area (Å²) in [5.74, 6) is 0.0270. The van der Waals surface area contributed by atoms with E-state index >= 15 is 0 Å². The minimum absolute atomic E-state index is 0.0270. The second-order valence-corrected chi connectivity index (χ2v) is 6.53. The summed E-state index contributed by atoms with van der Waals surface area (Å²) < 4.78 is 1.77. The first-order valence-corrected chi connectivity index (χ1v) is 8.56. The van der Waals surface area contributed by atoms with Crippen LogP contribution in [0.1, 0.15) is 36.0 Å². The van der Waals surface area contributed by atoms with E-state index in [1.165, 1.54) is 25.7 Å². The summed E-state index contributed by atoms with van der Waals surface area (Å²) >= 11 is 0. The number of aromatic nitrogens is 3. The Labute approximate surface area is 143 Å². The molecule has 0 saturated heterocycles. The van der Waals surface area contributed by atoms with Crippen molar-refractivity contribution in [3.63, 3.8) is 0 Å². The number of carbonyl (C=O) groups is 1. The van der Waals surface area contributed by atoms with Gasteiger partial charge in [-0.1, -0.05) is 25.0 Å². The predicted octanol–water partition coefficient (Wildman–Crippen LogP) is 2.21. The fraction of sp³-hybridized carbons (Fsp3) is 0.500. The normalized spacial score (nSPS) is 15.1. The zero-order chi connectivity index (χ0) is 16.9. The molecule has 0 unspecified atom stereocenters. The van der Waals surface area contributed by atoms with Gasteiger partial charge in [0.2, 0.25) is 0 Å². The third-order valence-corrected chi connectivity index (χ3v) is 4.91. The Morgan fingerprint density at radius 2 is 1.79 bits per heavy atom. The van der Waals surface area contributed by atoms with E-state index in [2.05, 4.69) is 22.1 Å². The first-order chi connectivity index (χ1) is 11.7. The van der Waals surface area contributed by atoms with Crippen LogP contribution in [0.5, 0.6) is 0 Å². The van der Waals surface area contributed by atoms with Crippen molar-refractivity contribution in [3.05, 3.63) is 42.5 Å². The molecule has 1 heterocycles. The molecule has 0 atom stereocenters. The number of amides is 1. The molecule has 1 fully saturated rings. The lowest BCUT2D eigenvalue weighted by Gasteiger charge is -2.27. The average molecular weight is 327 g/mol. The van der Waals surface area contributed by atoms with E-state index < -0.39 is 0 Å². The van der Waals surface area contributed by atoms with Gasteiger partial charge in [-0.25, -0.2) is 0 Å². The molecule has 6 nitrogen and oxygen atoms in total. The molecule has 0 N–H and O–H groups in total. The van der Waals surface area contributed by atoms with Crippen molar-refractivity contribution in [1.29, 1.82) is 0 Å². The highest BCUT2D eigenvalue weighted by Crippen LogP contribution is 2.22. The van der Waals surface area contributed by atoms with Crippen molar-refractivity contribution in [1.82, 2.24) is 24.6 Å². The lowest BCUT2D eigenvalue weighted by atomic mass is 10.1. The van der Waals surface area contributed by atoms with Gasteiger partial charge in [-0.05, 0) is 32.0 Å². The van der Waals surface area contributed by atoms with Gasteiger partial charge in [0.15, 0.2) is 0 Å². The van der Waals surface area contributed by atoms with Crippen LogP contribution in [0.4, 0.5) is 0 Å². The summed E-state index contributed by atoms with van der Waals surface area (Å²) in [7, 11) is 4.03. The van der Waals surface area contributed by atoms with Gasteiger partial charge in [-0.15, -0.1) is 10.2 Å². The summed E-state index contributed by atoms with van der Waals surface area (Å²) in [6.45, 7) is 1.63. The van der Waals surface area contributed by atoms with Gasteiger partial charge in [0, 0.05) is 26.2 Å². The van der Waals surface area contributed by atoms with Crippen LogP contribution in [0, 0.1) is 0 Å². The van der Waals surface area contributed by atoms with Crippen LogP contribution in [0.2, 0.25) is 0 Å². The topological polar surface area (TPSA) is 54.3 Å². The standard InChI is InChI=1S/C18H25N5O/c1-21(15-7-3-4-8-15)11-12-22(2)18(24)16-9-5-6-10-17(16)23-13-19-20-14-23/h5-6,9-10,13-15H,3-4,7-8,11-12H2,1-2H3. The largest absolute Gasteiger partial charge is 0.340 e. The number of likely N-dealkylation sites (N-methyl/N-ethyl adjacent to an activating group) is 2. The van der Waals surface area contributed by atoms with E-state index in [0.29, 0.717) is 11.6 Å². The van der Waals surface area contributed by atoms with Crippen LogP contribution in [0.15, 0.2) is 36.9 Å². The second kappa shape index (κ2) is 7.57. The number of carbonyl (C=O) groups excluding carboxylic acids is 1. The zero-order valence-corrected chi connectivity index (χ0v) is 14.4. The maximum absolute atomic E-state index is 12.8. The summed E-state index contributed by atoms with van der Waals surface area (Å²) in [6.07, 6.45) is 8.45. The predicted molar refractivity (Wildman–Crippen MR) is 93.2 cm³/mol. The highest BCUT2D eigenvalue weighted by Gasteiger charge is 2.21. The maximum Gasteiger partial charge on any atom is 0.255 e. The lowest BCUT2D eigenvalue weighted by molar-refractivity contribution is 0.0774. The molecule has 1 aromatic heterocycles. The molecule has 1 aliphatic rings. The molecule has 1 amide bonds. The fourth-order valence-corrected chi connectivity index (χ4v) is 3.35. The summed E-state index contributed by atoms with van der Waals surface area (Å²) in [5, 5.41) is 7.66. The van der Waals surface area contributed by atoms with Crippen LogP contribution < -0.4 is 0 Å². The van der Waals surface area contributed by atoms with E-state index in [4.69, 9.17) is 0 Å². The van der Waals surface area contributed by atoms with Gasteiger partial charge in [0.1, 0.15) is 12.7 Å². The Kier molecular flexibility index (Phi) is 5.25. The smallest absolute Gasteiger partial charge is 0.255 e. The number of rotatable bonds is 6. The summed E-state index contributed by atoms with van der Waals surface area (Å²) in [5.41, 5.74) is 1.48. The zero-order valence-electron chi connectivity index (χ0n) is 14.4. The monoisotopic (exact) mass is 327 g/mol. The van der Waals surface area contributed by atoms with Crippen molar-refractivity contribution in [3.8, 4) is 5.69 Å². The maximum atomic E-state index is 12.8. The van der Waals surface area contributed by atoms with Crippen molar-refractivity contribution >= 4 is 5.91 Å². The third-order valence-electron chi connectivity index (χ3n) is 4.91. The van der Waals surface area contributed by atoms with Gasteiger partial charge in [0.25, 0.3) is 5.91 Å². The Bertz CT molecular complexity index is 664. The van der Waals surface area contributed by atoms with Gasteiger partial charge >= 0.3 is 0 Å². The van der Waals surface area contributed by atoms with Crippen LogP contribution in [-0.4, -0.2) is 63.7 Å². The van der Waals surface area contributed by atoms with E-state index in [-0.39, 0.29) is 5.91 Å². The minimum Gasteiger partial charge on any atom is -0.340 e. The van der Waals surface area contributed by atoms with Crippen LogP contribution in [-0.2, 0) is 0 Å². The number of benzene rings is 1. The van der Waals surface area contributed by atoms with Crippen LogP contribution in [0.3, 0.4) is 0 Å². The molecule has 0 radical (unpaired) electrons. The number of hydrogen-bond acceptors (Lipinski definition) is 4. The molecule has 3 rings (SSSR count). The highest BCUT2D eigenvalue weighted by atomic mass is 16.2. The molecule has 1 saturated carbocycles. The van der Waals surface area contributed by atoms with E-state index in [1.807, 2.05) is 31.3 Å². The van der Waals surface area contributed by atoms with E-state index in [1.54, 1.807) is 22.1 Å². The highest BCUT2D eigenvalue weighted by molar-refractivity contribution is 5.97. The molecule has 6 heteroatoms. The summed E-state index contributed by atoms with van der Waals surface area (Å²) in [4.78, 5) is 17.0. The quantitative estimate of drug-likeness (QED) is 0.816. The lowest BCUT2D eigenvalue weighted by Crippen LogP contribution is -2.38. The Morgan fingerprint density at radius 1 is 1.12 bits per heavy atom. The molecule has 1 aliphatic carbocycles. The molecular formula is C18H25N5O. The van der Waals surface area contributed by atoms with E-state index in [9.17, 15) is 4.79 Å². The Balaban J connectivity index is 1.65. The molecule has 0 bridgehead atoms. The first-order valence-electron chi connectivity index (χ1n) is 8.56.